The number of nitro groups is 2. The van der Waals surface area contributed by atoms with Crippen LogP contribution in [0.25, 0.3) is 0 Å². The lowest BCUT2D eigenvalue weighted by Crippen LogP contribution is -2.31. The summed E-state index contributed by atoms with van der Waals surface area (Å²) in [6.45, 7) is 0. The Morgan fingerprint density at radius 3 is 1.22 bits per heavy atom. The lowest BCUT2D eigenvalue weighted by Gasteiger charge is -2.30. The molecule has 14 nitrogen and oxygen atoms in total. The van der Waals surface area contributed by atoms with Gasteiger partial charge in [-0.2, -0.15) is 10.2 Å². The molecule has 0 bridgehead atoms. The number of fused-ring (bicyclic) bond motifs is 2. The average molecular weight is 1070 g/mol. The molecular weight excluding hydrogens is 1020 g/mol. The quantitative estimate of drug-likeness (QED) is 0.0755. The molecule has 8 aromatic carbocycles. The monoisotopic (exact) mass is 1060 g/mol. The van der Waals surface area contributed by atoms with Gasteiger partial charge in [-0.1, -0.05) is 72.8 Å². The number of rotatable bonds is 14. The van der Waals surface area contributed by atoms with Crippen LogP contribution in [0.15, 0.2) is 204 Å². The summed E-state index contributed by atoms with van der Waals surface area (Å²) < 4.78 is 41.2. The van der Waals surface area contributed by atoms with Crippen LogP contribution in [0, 0.1) is 31.9 Å². The van der Waals surface area contributed by atoms with Gasteiger partial charge in [-0.15, -0.1) is 23.5 Å². The second kappa shape index (κ2) is 20.4. The fourth-order valence-corrected chi connectivity index (χ4v) is 14.0. The highest BCUT2D eigenvalue weighted by Gasteiger charge is 2.53. The van der Waals surface area contributed by atoms with Crippen molar-refractivity contribution >= 4 is 69.3 Å². The molecule has 384 valence electrons. The Labute approximate surface area is 450 Å². The largest absolute Gasteiger partial charge is 0.496 e. The van der Waals surface area contributed by atoms with Gasteiger partial charge in [0.1, 0.15) is 45.6 Å². The number of hydrazone groups is 2. The maximum absolute atomic E-state index is 14.5. The van der Waals surface area contributed by atoms with Crippen LogP contribution in [0.2, 0.25) is 0 Å². The first-order valence-corrected chi connectivity index (χ1v) is 26.5. The average Bonchev–Trinajstić information content (AvgIpc) is 4.41. The zero-order chi connectivity index (χ0) is 52.9. The number of benzene rings is 8. The number of anilines is 4. The molecule has 4 aliphatic rings. The molecule has 0 radical (unpaired) electrons. The number of nitrogens with zero attached hydrogens (tertiary/aromatic N) is 8. The van der Waals surface area contributed by atoms with E-state index < -0.39 is 20.6 Å². The number of non-ortho nitro benzene ring substituents is 2. The molecule has 4 aliphatic heterocycles. The third-order valence-corrected chi connectivity index (χ3v) is 17.2. The molecule has 0 spiro atoms. The Balaban J connectivity index is 0.934. The zero-order valence-electron chi connectivity index (χ0n) is 41.2. The van der Waals surface area contributed by atoms with Crippen LogP contribution in [0.3, 0.4) is 0 Å². The van der Waals surface area contributed by atoms with E-state index >= 15 is 0 Å². The Bertz CT molecular complexity index is 3350. The summed E-state index contributed by atoms with van der Waals surface area (Å²) in [7, 11) is 3.27. The lowest BCUT2D eigenvalue weighted by molar-refractivity contribution is -0.385. The van der Waals surface area contributed by atoms with Crippen molar-refractivity contribution in [2.24, 2.45) is 10.2 Å². The number of nitro benzene ring substituents is 2. The van der Waals surface area contributed by atoms with E-state index in [0.29, 0.717) is 29.3 Å². The number of ether oxygens (including phenoxy) is 2. The molecule has 12 rings (SSSR count). The summed E-state index contributed by atoms with van der Waals surface area (Å²) in [6.07, 6.45) is 0.493. The van der Waals surface area contributed by atoms with Gasteiger partial charge in [-0.05, 0) is 126 Å². The SMILES string of the molecule is COc1ccc(Cc2ccc(OC)c(C3SC4C(=NN(c5ccccc5)C4c4ccc(F)cc4)N3c3ccc([N+](=O)[O-])cc3)c2)cc1C1SC2C(=NN(c3ccccc3)C2c2ccc(F)cc2)N1c1ccc([N+](=O)[O-])cc1. The first-order valence-electron chi connectivity index (χ1n) is 24.6. The van der Waals surface area contributed by atoms with Crippen molar-refractivity contribution < 1.29 is 28.1 Å². The summed E-state index contributed by atoms with van der Waals surface area (Å²) in [6, 6.07) is 57.2. The van der Waals surface area contributed by atoms with Gasteiger partial charge >= 0.3 is 0 Å². The van der Waals surface area contributed by atoms with Crippen molar-refractivity contribution in [3.05, 3.63) is 259 Å². The molecule has 0 aliphatic carbocycles. The normalized spacial score (nSPS) is 20.4. The summed E-state index contributed by atoms with van der Waals surface area (Å²) in [5.74, 6) is 2.05. The van der Waals surface area contributed by atoms with Crippen molar-refractivity contribution in [3.63, 3.8) is 0 Å². The maximum atomic E-state index is 14.5. The highest BCUT2D eigenvalue weighted by atomic mass is 32.2. The second-order valence-corrected chi connectivity index (χ2v) is 21.2. The smallest absolute Gasteiger partial charge is 0.269 e. The van der Waals surface area contributed by atoms with Gasteiger partial charge in [0.2, 0.25) is 0 Å². The number of halogens is 2. The van der Waals surface area contributed by atoms with Crippen LogP contribution in [0.4, 0.5) is 42.9 Å². The molecule has 0 saturated carbocycles. The van der Waals surface area contributed by atoms with E-state index in [-0.39, 0.29) is 45.6 Å². The minimum atomic E-state index is -0.419. The summed E-state index contributed by atoms with van der Waals surface area (Å²) >= 11 is 3.36. The Kier molecular flexibility index (Phi) is 13.0. The van der Waals surface area contributed by atoms with Crippen LogP contribution >= 0.6 is 23.5 Å². The van der Waals surface area contributed by atoms with E-state index in [0.717, 1.165) is 56.4 Å². The Morgan fingerprint density at radius 1 is 0.494 bits per heavy atom. The van der Waals surface area contributed by atoms with Gasteiger partial charge in [0.15, 0.2) is 0 Å². The molecule has 4 heterocycles. The van der Waals surface area contributed by atoms with Gasteiger partial charge in [0.05, 0.1) is 58.0 Å². The van der Waals surface area contributed by atoms with Crippen LogP contribution in [0.5, 0.6) is 11.5 Å². The molecule has 6 atom stereocenters. The molecule has 0 amide bonds. The van der Waals surface area contributed by atoms with Crippen LogP contribution in [-0.4, -0.2) is 46.2 Å². The standard InChI is InChI=1S/C59H46F2N8O6S2/c1-74-50-31-13-36(34-48(50)58-64(42-23-27-46(28-24-42)68(70)71)56-54(76-58)52(38-15-19-40(60)20-16-38)66(62-56)44-9-5-3-6-10-44)33-37-14-32-51(75-2)49(35-37)59-65(43-25-29-47(30-26-43)69(72)73)57-55(77-59)53(39-17-21-41(61)22-18-39)67(63-57)45-11-7-4-8-12-45/h3-32,34-35,52-55,58-59H,33H2,1-2H3. The van der Waals surface area contributed by atoms with Crippen molar-refractivity contribution in [1.29, 1.82) is 0 Å². The number of methoxy groups -OCH3 is 2. The van der Waals surface area contributed by atoms with Crippen LogP contribution < -0.4 is 29.3 Å². The first kappa shape index (κ1) is 49.2. The van der Waals surface area contributed by atoms with E-state index in [2.05, 4.69) is 21.9 Å². The van der Waals surface area contributed by atoms with E-state index in [9.17, 15) is 29.0 Å². The molecule has 2 fully saturated rings. The van der Waals surface area contributed by atoms with Gasteiger partial charge in [0, 0.05) is 46.8 Å². The third kappa shape index (κ3) is 9.12. The first-order chi connectivity index (χ1) is 37.5. The number of thioether (sulfide) groups is 2. The van der Waals surface area contributed by atoms with Crippen LogP contribution in [0.1, 0.15) is 56.2 Å². The van der Waals surface area contributed by atoms with Crippen molar-refractivity contribution in [2.75, 3.05) is 34.0 Å². The third-order valence-electron chi connectivity index (χ3n) is 14.2. The predicted octanol–water partition coefficient (Wildman–Crippen LogP) is 13.8. The fourth-order valence-electron chi connectivity index (χ4n) is 10.7. The van der Waals surface area contributed by atoms with Crippen molar-refractivity contribution in [3.8, 4) is 11.5 Å². The number of amidine groups is 2. The summed E-state index contributed by atoms with van der Waals surface area (Å²) in [5, 5.41) is 37.0. The van der Waals surface area contributed by atoms with E-state index in [4.69, 9.17) is 19.7 Å². The molecular formula is C59H46F2N8O6S2. The highest BCUT2D eigenvalue weighted by molar-refractivity contribution is 8.02. The van der Waals surface area contributed by atoms with E-state index in [1.807, 2.05) is 94.9 Å². The van der Waals surface area contributed by atoms with Gasteiger partial charge in [-0.25, -0.2) is 8.78 Å². The predicted molar refractivity (Wildman–Crippen MR) is 299 cm³/mol. The zero-order valence-corrected chi connectivity index (χ0v) is 42.9. The molecule has 18 heteroatoms. The lowest BCUT2D eigenvalue weighted by atomic mass is 9.98. The van der Waals surface area contributed by atoms with Crippen molar-refractivity contribution in [2.45, 2.75) is 39.8 Å². The summed E-state index contributed by atoms with van der Waals surface area (Å²) in [4.78, 5) is 27.2. The Hall–Kier alpha value is -8.74. The minimum Gasteiger partial charge on any atom is -0.496 e. The number of hydrogen-bond acceptors (Lipinski definition) is 14. The molecule has 0 N–H and O–H groups in total. The second-order valence-electron chi connectivity index (χ2n) is 18.7. The van der Waals surface area contributed by atoms with E-state index in [1.54, 1.807) is 86.3 Å². The molecule has 0 aromatic heterocycles. The molecule has 8 aromatic rings. The topological polar surface area (TPSA) is 142 Å². The van der Waals surface area contributed by atoms with Crippen LogP contribution in [-0.2, 0) is 6.42 Å². The minimum absolute atomic E-state index is 0.0412. The number of para-hydroxylation sites is 2. The van der Waals surface area contributed by atoms with Gasteiger partial charge < -0.3 is 19.3 Å². The molecule has 77 heavy (non-hydrogen) atoms. The highest BCUT2D eigenvalue weighted by Crippen LogP contribution is 2.58. The maximum Gasteiger partial charge on any atom is 0.269 e. The summed E-state index contributed by atoms with van der Waals surface area (Å²) in [5.41, 5.74) is 8.44. The van der Waals surface area contributed by atoms with Crippen molar-refractivity contribution in [1.82, 2.24) is 0 Å². The fraction of sp³-hybridized carbons (Fsp3) is 0.153. The van der Waals surface area contributed by atoms with Gasteiger partial charge in [0.25, 0.3) is 11.4 Å². The number of hydrogen-bond donors (Lipinski definition) is 0. The van der Waals surface area contributed by atoms with E-state index in [1.165, 1.54) is 48.5 Å². The molecule has 2 saturated heterocycles. The van der Waals surface area contributed by atoms with Gasteiger partial charge in [-0.3, -0.25) is 30.2 Å². The molecule has 6 unspecified atom stereocenters. The Morgan fingerprint density at radius 2 is 0.870 bits per heavy atom.